The van der Waals surface area contributed by atoms with Crippen LogP contribution in [-0.4, -0.2) is 15.2 Å². The van der Waals surface area contributed by atoms with Gasteiger partial charge in [0.15, 0.2) is 0 Å². The molecule has 0 fully saturated rings. The van der Waals surface area contributed by atoms with E-state index in [-0.39, 0.29) is 6.04 Å². The molecule has 2 aromatic rings. The molecule has 2 aromatic heterocycles. The second-order valence-electron chi connectivity index (χ2n) is 2.90. The number of nitrogens with zero attached hydrogens (tertiary/aromatic N) is 2. The zero-order valence-corrected chi connectivity index (χ0v) is 9.68. The van der Waals surface area contributed by atoms with Crippen molar-refractivity contribution >= 4 is 27.3 Å². The largest absolute Gasteiger partial charge is 0.321 e. The number of H-pyrrole nitrogens is 1. The SMILES string of the molecule is NC(Cc1ccsc1Br)c1ncn[nH]1. The third-order valence-corrected chi connectivity index (χ3v) is 3.73. The summed E-state index contributed by atoms with van der Waals surface area (Å²) in [5.74, 6) is 0.725. The third kappa shape index (κ3) is 2.02. The molecule has 0 saturated heterocycles. The predicted octanol–water partition coefficient (Wildman–Crippen LogP) is 1.87. The van der Waals surface area contributed by atoms with Gasteiger partial charge in [-0.2, -0.15) is 5.10 Å². The molecule has 3 N–H and O–H groups in total. The Morgan fingerprint density at radius 2 is 2.50 bits per heavy atom. The van der Waals surface area contributed by atoms with Gasteiger partial charge >= 0.3 is 0 Å². The van der Waals surface area contributed by atoms with E-state index in [4.69, 9.17) is 5.73 Å². The molecule has 0 aliphatic carbocycles. The van der Waals surface area contributed by atoms with E-state index in [9.17, 15) is 0 Å². The maximum absolute atomic E-state index is 5.95. The average Bonchev–Trinajstić information content (AvgIpc) is 2.77. The molecule has 14 heavy (non-hydrogen) atoms. The van der Waals surface area contributed by atoms with Crippen LogP contribution >= 0.6 is 27.3 Å². The quantitative estimate of drug-likeness (QED) is 0.897. The fourth-order valence-electron chi connectivity index (χ4n) is 1.19. The van der Waals surface area contributed by atoms with Crippen molar-refractivity contribution in [3.8, 4) is 0 Å². The molecule has 0 aliphatic rings. The van der Waals surface area contributed by atoms with Gasteiger partial charge in [-0.05, 0) is 39.4 Å². The standard InChI is InChI=1S/C8H9BrN4S/c9-7-5(1-2-14-7)3-6(10)8-11-4-12-13-8/h1-2,4,6H,3,10H2,(H,11,12,13). The van der Waals surface area contributed by atoms with Crippen LogP contribution in [0.15, 0.2) is 21.6 Å². The van der Waals surface area contributed by atoms with Crippen LogP contribution in [0.5, 0.6) is 0 Å². The normalized spacial score (nSPS) is 13.0. The number of hydrogen-bond acceptors (Lipinski definition) is 4. The Balaban J connectivity index is 2.09. The molecule has 4 nitrogen and oxygen atoms in total. The van der Waals surface area contributed by atoms with E-state index in [1.165, 1.54) is 11.9 Å². The number of nitrogens with two attached hydrogens (primary N) is 1. The van der Waals surface area contributed by atoms with Crippen molar-refractivity contribution in [1.82, 2.24) is 15.2 Å². The van der Waals surface area contributed by atoms with Crippen molar-refractivity contribution in [2.45, 2.75) is 12.5 Å². The summed E-state index contributed by atoms with van der Waals surface area (Å²) in [6.45, 7) is 0. The number of halogens is 1. The molecule has 0 saturated carbocycles. The summed E-state index contributed by atoms with van der Waals surface area (Å²) in [4.78, 5) is 4.02. The maximum atomic E-state index is 5.95. The van der Waals surface area contributed by atoms with Crippen molar-refractivity contribution in [2.24, 2.45) is 5.73 Å². The molecule has 74 valence electrons. The Hall–Kier alpha value is -0.720. The highest BCUT2D eigenvalue weighted by molar-refractivity contribution is 9.11. The Labute approximate surface area is 93.7 Å². The van der Waals surface area contributed by atoms with Crippen LogP contribution in [0.25, 0.3) is 0 Å². The number of nitrogens with one attached hydrogen (secondary N) is 1. The van der Waals surface area contributed by atoms with Crippen LogP contribution in [-0.2, 0) is 6.42 Å². The lowest BCUT2D eigenvalue weighted by atomic mass is 10.1. The minimum Gasteiger partial charge on any atom is -0.321 e. The first-order valence-electron chi connectivity index (χ1n) is 4.10. The highest BCUT2D eigenvalue weighted by atomic mass is 79.9. The van der Waals surface area contributed by atoms with E-state index in [0.717, 1.165) is 16.0 Å². The summed E-state index contributed by atoms with van der Waals surface area (Å²) in [6.07, 6.45) is 2.23. The van der Waals surface area contributed by atoms with Gasteiger partial charge in [0.2, 0.25) is 0 Å². The summed E-state index contributed by atoms with van der Waals surface area (Å²) >= 11 is 5.13. The zero-order valence-electron chi connectivity index (χ0n) is 7.27. The molecular weight excluding hydrogens is 264 g/mol. The summed E-state index contributed by atoms with van der Waals surface area (Å²) in [6, 6.07) is 1.94. The van der Waals surface area contributed by atoms with Crippen LogP contribution in [0, 0.1) is 0 Å². The van der Waals surface area contributed by atoms with Gasteiger partial charge in [-0.1, -0.05) is 0 Å². The van der Waals surface area contributed by atoms with Gasteiger partial charge in [-0.15, -0.1) is 11.3 Å². The predicted molar refractivity (Wildman–Crippen MR) is 59.0 cm³/mol. The fourth-order valence-corrected chi connectivity index (χ4v) is 2.46. The molecule has 0 aliphatic heterocycles. The van der Waals surface area contributed by atoms with Crippen LogP contribution in [0.2, 0.25) is 0 Å². The first kappa shape index (κ1) is 9.82. The lowest BCUT2D eigenvalue weighted by Gasteiger charge is -2.06. The molecule has 1 atom stereocenters. The molecule has 0 amide bonds. The van der Waals surface area contributed by atoms with Crippen molar-refractivity contribution in [1.29, 1.82) is 0 Å². The summed E-state index contributed by atoms with van der Waals surface area (Å²) in [5, 5.41) is 8.57. The van der Waals surface area contributed by atoms with Gasteiger partial charge in [0.05, 0.1) is 9.83 Å². The Bertz CT molecular complexity index is 397. The molecule has 1 unspecified atom stereocenters. The topological polar surface area (TPSA) is 67.6 Å². The van der Waals surface area contributed by atoms with Gasteiger partial charge in [0.25, 0.3) is 0 Å². The summed E-state index contributed by atoms with van der Waals surface area (Å²) < 4.78 is 1.13. The zero-order chi connectivity index (χ0) is 9.97. The van der Waals surface area contributed by atoms with Crippen molar-refractivity contribution < 1.29 is 0 Å². The summed E-state index contributed by atoms with van der Waals surface area (Å²) in [7, 11) is 0. The number of thiophene rings is 1. The van der Waals surface area contributed by atoms with Gasteiger partial charge in [-0.25, -0.2) is 4.98 Å². The smallest absolute Gasteiger partial charge is 0.141 e. The monoisotopic (exact) mass is 272 g/mol. The Morgan fingerprint density at radius 1 is 1.64 bits per heavy atom. The lowest BCUT2D eigenvalue weighted by Crippen LogP contribution is -2.14. The van der Waals surface area contributed by atoms with E-state index in [1.807, 2.05) is 5.38 Å². The number of aromatic nitrogens is 3. The van der Waals surface area contributed by atoms with Gasteiger partial charge in [0.1, 0.15) is 12.2 Å². The van der Waals surface area contributed by atoms with E-state index in [2.05, 4.69) is 37.2 Å². The Morgan fingerprint density at radius 3 is 3.07 bits per heavy atom. The molecule has 2 heterocycles. The minimum absolute atomic E-state index is 0.122. The molecule has 0 radical (unpaired) electrons. The molecule has 2 rings (SSSR count). The average molecular weight is 273 g/mol. The van der Waals surface area contributed by atoms with Gasteiger partial charge < -0.3 is 5.73 Å². The summed E-state index contributed by atoms with van der Waals surface area (Å²) in [5.41, 5.74) is 7.16. The minimum atomic E-state index is -0.122. The van der Waals surface area contributed by atoms with Crippen LogP contribution in [0.3, 0.4) is 0 Å². The molecule has 0 spiro atoms. The second kappa shape index (κ2) is 4.20. The van der Waals surface area contributed by atoms with Crippen molar-refractivity contribution in [2.75, 3.05) is 0 Å². The van der Waals surface area contributed by atoms with Crippen LogP contribution < -0.4 is 5.73 Å². The number of hydrogen-bond donors (Lipinski definition) is 2. The molecule has 0 aromatic carbocycles. The number of aromatic amines is 1. The maximum Gasteiger partial charge on any atom is 0.141 e. The van der Waals surface area contributed by atoms with E-state index in [0.29, 0.717) is 0 Å². The second-order valence-corrected chi connectivity index (χ2v) is 5.13. The van der Waals surface area contributed by atoms with Crippen molar-refractivity contribution in [3.63, 3.8) is 0 Å². The number of rotatable bonds is 3. The first-order valence-corrected chi connectivity index (χ1v) is 5.77. The Kier molecular flexibility index (Phi) is 2.95. The fraction of sp³-hybridized carbons (Fsp3) is 0.250. The molecular formula is C8H9BrN4S. The first-order chi connectivity index (χ1) is 6.77. The highest BCUT2D eigenvalue weighted by Crippen LogP contribution is 2.26. The van der Waals surface area contributed by atoms with E-state index < -0.39 is 0 Å². The van der Waals surface area contributed by atoms with E-state index in [1.54, 1.807) is 11.3 Å². The van der Waals surface area contributed by atoms with E-state index >= 15 is 0 Å². The van der Waals surface area contributed by atoms with Gasteiger partial charge in [-0.3, -0.25) is 5.10 Å². The van der Waals surface area contributed by atoms with Crippen molar-refractivity contribution in [3.05, 3.63) is 32.9 Å². The molecule has 0 bridgehead atoms. The van der Waals surface area contributed by atoms with Gasteiger partial charge in [0, 0.05) is 0 Å². The van der Waals surface area contributed by atoms with Crippen LogP contribution in [0.4, 0.5) is 0 Å². The molecule has 6 heteroatoms. The third-order valence-electron chi connectivity index (χ3n) is 1.92. The highest BCUT2D eigenvalue weighted by Gasteiger charge is 2.12. The lowest BCUT2D eigenvalue weighted by molar-refractivity contribution is 0.671. The van der Waals surface area contributed by atoms with Crippen LogP contribution in [0.1, 0.15) is 17.4 Å².